The quantitative estimate of drug-likeness (QED) is 0.272. The molecule has 8 nitrogen and oxygen atoms in total. The average Bonchev–Trinajstić information content (AvgIpc) is 2.72. The summed E-state index contributed by atoms with van der Waals surface area (Å²) in [4.78, 5) is 27.3. The molecule has 0 aliphatic rings. The molecule has 2 rings (SSSR count). The highest BCUT2D eigenvalue weighted by Gasteiger charge is 2.16. The Balaban J connectivity index is 1.94. The summed E-state index contributed by atoms with van der Waals surface area (Å²) in [5.41, 5.74) is 6.97. The van der Waals surface area contributed by atoms with Gasteiger partial charge in [-0.3, -0.25) is 0 Å². The van der Waals surface area contributed by atoms with Gasteiger partial charge in [0.1, 0.15) is 24.0 Å². The van der Waals surface area contributed by atoms with Crippen molar-refractivity contribution in [1.29, 1.82) is 0 Å². The van der Waals surface area contributed by atoms with E-state index in [0.29, 0.717) is 17.0 Å². The van der Waals surface area contributed by atoms with E-state index >= 15 is 0 Å². The van der Waals surface area contributed by atoms with Gasteiger partial charge in [-0.25, -0.2) is 9.59 Å². The molecule has 0 bridgehead atoms. The van der Waals surface area contributed by atoms with Crippen LogP contribution in [-0.4, -0.2) is 30.1 Å². The minimum atomic E-state index is -0.663. The number of esters is 1. The zero-order valence-corrected chi connectivity index (χ0v) is 18.0. The van der Waals surface area contributed by atoms with Crippen LogP contribution in [0.15, 0.2) is 65.4 Å². The summed E-state index contributed by atoms with van der Waals surface area (Å²) in [6.07, 6.45) is 1.26. The highest BCUT2D eigenvalue weighted by Crippen LogP contribution is 2.22. The summed E-state index contributed by atoms with van der Waals surface area (Å²) in [6, 6.07) is 13.0. The van der Waals surface area contributed by atoms with Crippen LogP contribution in [0.2, 0.25) is 0 Å². The van der Waals surface area contributed by atoms with E-state index in [1.807, 2.05) is 26.8 Å². The first-order chi connectivity index (χ1) is 14.6. The van der Waals surface area contributed by atoms with Crippen LogP contribution < -0.4 is 15.8 Å². The zero-order valence-electron chi connectivity index (χ0n) is 18.0. The van der Waals surface area contributed by atoms with E-state index in [0.717, 1.165) is 5.56 Å². The van der Waals surface area contributed by atoms with Crippen molar-refractivity contribution in [2.45, 2.75) is 27.4 Å². The fraction of sp³-hybridized carbons (Fsp3) is 0.261. The van der Waals surface area contributed by atoms with Crippen LogP contribution in [0.25, 0.3) is 0 Å². The number of methoxy groups -OCH3 is 1. The maximum Gasteiger partial charge on any atom is 0.347 e. The predicted molar refractivity (Wildman–Crippen MR) is 119 cm³/mol. The maximum atomic E-state index is 12.0. The van der Waals surface area contributed by atoms with E-state index < -0.39 is 17.4 Å². The van der Waals surface area contributed by atoms with Crippen LogP contribution in [0.4, 0.5) is 10.5 Å². The number of carbonyl (C=O) groups excluding carboxylic acids is 2. The molecule has 0 aliphatic heterocycles. The van der Waals surface area contributed by atoms with Gasteiger partial charge < -0.3 is 25.6 Å². The first kappa shape index (κ1) is 23.5. The van der Waals surface area contributed by atoms with Crippen molar-refractivity contribution in [2.75, 3.05) is 12.4 Å². The van der Waals surface area contributed by atoms with E-state index in [1.54, 1.807) is 42.5 Å². The Morgan fingerprint density at radius 1 is 1.16 bits per heavy atom. The fourth-order valence-corrected chi connectivity index (χ4v) is 2.36. The zero-order chi connectivity index (χ0) is 23.0. The second-order valence-electron chi connectivity index (χ2n) is 7.75. The number of aliphatic imine (C=N–C) groups is 1. The van der Waals surface area contributed by atoms with Crippen LogP contribution in [0, 0.1) is 5.41 Å². The molecule has 0 unspecified atom stereocenters. The molecule has 0 atom stereocenters. The molecule has 0 aliphatic carbocycles. The number of hydrogen-bond donors (Lipinski definition) is 3. The molecule has 0 spiro atoms. The summed E-state index contributed by atoms with van der Waals surface area (Å²) in [5.74, 6) is 0.108. The van der Waals surface area contributed by atoms with Crippen LogP contribution >= 0.6 is 0 Å². The Labute approximate surface area is 181 Å². The van der Waals surface area contributed by atoms with E-state index in [1.165, 1.54) is 13.2 Å². The lowest BCUT2D eigenvalue weighted by atomic mass is 9.93. The monoisotopic (exact) mass is 425 g/mol. The summed E-state index contributed by atoms with van der Waals surface area (Å²) in [6.45, 7) is 5.70. The Hall–Kier alpha value is -3.81. The smallest absolute Gasteiger partial charge is 0.347 e. The molecule has 0 saturated carbocycles. The van der Waals surface area contributed by atoms with Gasteiger partial charge in [0.2, 0.25) is 0 Å². The normalized spacial score (nSPS) is 12.3. The minimum absolute atomic E-state index is 0.0279. The number of benzene rings is 2. The first-order valence-corrected chi connectivity index (χ1v) is 9.55. The van der Waals surface area contributed by atoms with E-state index in [-0.39, 0.29) is 18.2 Å². The number of urea groups is 1. The number of aliphatic hydroxyl groups is 1. The van der Waals surface area contributed by atoms with Gasteiger partial charge >= 0.3 is 12.0 Å². The second kappa shape index (κ2) is 10.3. The van der Waals surface area contributed by atoms with Crippen LogP contribution in [0.5, 0.6) is 5.75 Å². The SMILES string of the molecule is COC(=O)c1cccc(COc2ccc(NC(=O)/N=C(N)\C=C(/O)C(C)(C)C)cc2)c1. The van der Waals surface area contributed by atoms with Gasteiger partial charge in [-0.05, 0) is 42.0 Å². The van der Waals surface area contributed by atoms with Gasteiger partial charge in [0.15, 0.2) is 0 Å². The summed E-state index contributed by atoms with van der Waals surface area (Å²) in [5, 5.41) is 12.5. The van der Waals surface area contributed by atoms with Crippen molar-refractivity contribution in [3.05, 3.63) is 71.5 Å². The molecular weight excluding hydrogens is 398 g/mol. The number of amidine groups is 1. The molecule has 4 N–H and O–H groups in total. The molecule has 0 heterocycles. The fourth-order valence-electron chi connectivity index (χ4n) is 2.36. The Bertz CT molecular complexity index is 989. The van der Waals surface area contributed by atoms with E-state index in [4.69, 9.17) is 15.2 Å². The van der Waals surface area contributed by atoms with Crippen molar-refractivity contribution < 1.29 is 24.2 Å². The standard InChI is InChI=1S/C23H27N3O5/c1-23(2,3)19(27)13-20(24)26-22(29)25-17-8-10-18(11-9-17)31-14-15-6-5-7-16(12-15)21(28)30-4/h5-13,27H,14H2,1-4H3,(H3,24,25,26,29)/b19-13-. The number of carbonyl (C=O) groups is 2. The van der Waals surface area contributed by atoms with Crippen molar-refractivity contribution >= 4 is 23.5 Å². The number of rotatable bonds is 6. The molecule has 31 heavy (non-hydrogen) atoms. The molecule has 2 amide bonds. The predicted octanol–water partition coefficient (Wildman–Crippen LogP) is 4.43. The van der Waals surface area contributed by atoms with Gasteiger partial charge in [-0.15, -0.1) is 0 Å². The third-order valence-electron chi connectivity index (χ3n) is 4.14. The van der Waals surface area contributed by atoms with Crippen molar-refractivity contribution in [3.8, 4) is 5.75 Å². The van der Waals surface area contributed by atoms with Crippen molar-refractivity contribution in [3.63, 3.8) is 0 Å². The molecule has 164 valence electrons. The van der Waals surface area contributed by atoms with E-state index in [9.17, 15) is 14.7 Å². The topological polar surface area (TPSA) is 123 Å². The molecular formula is C23H27N3O5. The number of aliphatic hydroxyl groups excluding tert-OH is 1. The number of hydrogen-bond acceptors (Lipinski definition) is 5. The van der Waals surface area contributed by atoms with Crippen LogP contribution in [0.1, 0.15) is 36.7 Å². The van der Waals surface area contributed by atoms with Gasteiger partial charge in [-0.1, -0.05) is 32.9 Å². The van der Waals surface area contributed by atoms with Gasteiger partial charge in [0.05, 0.1) is 12.7 Å². The molecule has 8 heteroatoms. The molecule has 0 radical (unpaired) electrons. The summed E-state index contributed by atoms with van der Waals surface area (Å²) >= 11 is 0. The number of nitrogens with zero attached hydrogens (tertiary/aromatic N) is 1. The van der Waals surface area contributed by atoms with Gasteiger partial charge in [0, 0.05) is 17.2 Å². The summed E-state index contributed by atoms with van der Waals surface area (Å²) in [7, 11) is 1.33. The second-order valence-corrected chi connectivity index (χ2v) is 7.75. The number of allylic oxidation sites excluding steroid dienone is 1. The number of nitrogens with one attached hydrogen (secondary N) is 1. The number of nitrogens with two attached hydrogens (primary N) is 1. The Morgan fingerprint density at radius 2 is 1.84 bits per heavy atom. The third-order valence-corrected chi connectivity index (χ3v) is 4.14. The maximum absolute atomic E-state index is 12.0. The lowest BCUT2D eigenvalue weighted by Gasteiger charge is -2.16. The third kappa shape index (κ3) is 7.50. The number of ether oxygens (including phenoxy) is 2. The van der Waals surface area contributed by atoms with E-state index in [2.05, 4.69) is 10.3 Å². The Morgan fingerprint density at radius 3 is 2.45 bits per heavy atom. The molecule has 2 aromatic carbocycles. The summed E-state index contributed by atoms with van der Waals surface area (Å²) < 4.78 is 10.4. The van der Waals surface area contributed by atoms with Gasteiger partial charge in [-0.2, -0.15) is 4.99 Å². The van der Waals surface area contributed by atoms with Crippen LogP contribution in [0.3, 0.4) is 0 Å². The van der Waals surface area contributed by atoms with Crippen LogP contribution in [-0.2, 0) is 11.3 Å². The Kier molecular flexibility index (Phi) is 7.79. The number of amides is 2. The molecule has 0 fully saturated rings. The average molecular weight is 425 g/mol. The van der Waals surface area contributed by atoms with Crippen molar-refractivity contribution in [1.82, 2.24) is 0 Å². The highest BCUT2D eigenvalue weighted by atomic mass is 16.5. The minimum Gasteiger partial charge on any atom is -0.512 e. The highest BCUT2D eigenvalue weighted by molar-refractivity contribution is 6.03. The molecule has 2 aromatic rings. The molecule has 0 saturated heterocycles. The largest absolute Gasteiger partial charge is 0.512 e. The lowest BCUT2D eigenvalue weighted by Crippen LogP contribution is -2.18. The lowest BCUT2D eigenvalue weighted by molar-refractivity contribution is 0.0600. The first-order valence-electron chi connectivity index (χ1n) is 9.55. The molecule has 0 aromatic heterocycles. The van der Waals surface area contributed by atoms with Gasteiger partial charge in [0.25, 0.3) is 0 Å². The van der Waals surface area contributed by atoms with Crippen molar-refractivity contribution in [2.24, 2.45) is 16.1 Å². The number of anilines is 1.